The fourth-order valence-electron chi connectivity index (χ4n) is 3.23. The van der Waals surface area contributed by atoms with Crippen molar-refractivity contribution in [2.24, 2.45) is 11.7 Å². The summed E-state index contributed by atoms with van der Waals surface area (Å²) in [7, 11) is 0. The van der Waals surface area contributed by atoms with Gasteiger partial charge in [0.2, 0.25) is 0 Å². The molecule has 0 radical (unpaired) electrons. The summed E-state index contributed by atoms with van der Waals surface area (Å²) in [4.78, 5) is 14.7. The number of carbonyl (C=O) groups excluding carboxylic acids is 1. The molecule has 3 rings (SSSR count). The van der Waals surface area contributed by atoms with E-state index in [0.29, 0.717) is 19.0 Å². The summed E-state index contributed by atoms with van der Waals surface area (Å²) >= 11 is 0. The standard InChI is InChI=1S/C18H24N4O/c1-2-17-16(18(23)21-9-8-15(10-19)12-21)11-20-22(17)13-14-6-4-3-5-7-14/h3-7,11,15H,2,8-10,12-13,19H2,1H3. The van der Waals surface area contributed by atoms with E-state index >= 15 is 0 Å². The predicted octanol–water partition coefficient (Wildman–Crippen LogP) is 1.91. The number of hydrogen-bond acceptors (Lipinski definition) is 3. The topological polar surface area (TPSA) is 64.2 Å². The Morgan fingerprint density at radius 1 is 1.35 bits per heavy atom. The minimum atomic E-state index is 0.0945. The molecule has 1 saturated heterocycles. The number of nitrogens with zero attached hydrogens (tertiary/aromatic N) is 3. The largest absolute Gasteiger partial charge is 0.338 e. The highest BCUT2D eigenvalue weighted by molar-refractivity contribution is 5.95. The first-order valence-electron chi connectivity index (χ1n) is 8.30. The zero-order valence-electron chi connectivity index (χ0n) is 13.6. The first-order valence-corrected chi connectivity index (χ1v) is 8.30. The smallest absolute Gasteiger partial charge is 0.257 e. The lowest BCUT2D eigenvalue weighted by atomic mass is 10.1. The van der Waals surface area contributed by atoms with E-state index in [0.717, 1.165) is 37.2 Å². The van der Waals surface area contributed by atoms with Crippen LogP contribution in [-0.2, 0) is 13.0 Å². The van der Waals surface area contributed by atoms with E-state index in [1.54, 1.807) is 6.20 Å². The number of hydrogen-bond donors (Lipinski definition) is 1. The van der Waals surface area contributed by atoms with Crippen molar-refractivity contribution >= 4 is 5.91 Å². The van der Waals surface area contributed by atoms with Crippen LogP contribution < -0.4 is 5.73 Å². The molecule has 2 aromatic rings. The van der Waals surface area contributed by atoms with E-state index in [9.17, 15) is 4.79 Å². The van der Waals surface area contributed by atoms with Gasteiger partial charge in [-0.15, -0.1) is 0 Å². The zero-order valence-corrected chi connectivity index (χ0v) is 13.6. The second kappa shape index (κ2) is 6.96. The molecule has 2 N–H and O–H groups in total. The Bertz CT molecular complexity index is 665. The minimum Gasteiger partial charge on any atom is -0.338 e. The molecule has 5 heteroatoms. The molecule has 0 saturated carbocycles. The maximum absolute atomic E-state index is 12.8. The fourth-order valence-corrected chi connectivity index (χ4v) is 3.23. The molecule has 1 unspecified atom stereocenters. The van der Waals surface area contributed by atoms with Crippen LogP contribution in [0.25, 0.3) is 0 Å². The van der Waals surface area contributed by atoms with Gasteiger partial charge in [-0.2, -0.15) is 5.10 Å². The number of carbonyl (C=O) groups is 1. The van der Waals surface area contributed by atoms with Gasteiger partial charge in [0, 0.05) is 13.1 Å². The summed E-state index contributed by atoms with van der Waals surface area (Å²) in [5, 5.41) is 4.46. The van der Waals surface area contributed by atoms with Gasteiger partial charge in [0.15, 0.2) is 0 Å². The third-order valence-electron chi connectivity index (χ3n) is 4.60. The van der Waals surface area contributed by atoms with E-state index in [2.05, 4.69) is 24.2 Å². The Morgan fingerprint density at radius 2 is 2.13 bits per heavy atom. The average Bonchev–Trinajstić information content (AvgIpc) is 3.21. The first kappa shape index (κ1) is 15.7. The van der Waals surface area contributed by atoms with Gasteiger partial charge in [-0.1, -0.05) is 37.3 Å². The average molecular weight is 312 g/mol. The van der Waals surface area contributed by atoms with Gasteiger partial charge in [-0.05, 0) is 30.9 Å². The zero-order chi connectivity index (χ0) is 16.2. The van der Waals surface area contributed by atoms with Crippen molar-refractivity contribution in [2.75, 3.05) is 19.6 Å². The summed E-state index contributed by atoms with van der Waals surface area (Å²) in [6.45, 7) is 4.98. The van der Waals surface area contributed by atoms with Crippen LogP contribution in [0.3, 0.4) is 0 Å². The summed E-state index contributed by atoms with van der Waals surface area (Å²) in [6.07, 6.45) is 3.52. The Morgan fingerprint density at radius 3 is 2.78 bits per heavy atom. The molecule has 1 aliphatic rings. The van der Waals surface area contributed by atoms with E-state index < -0.39 is 0 Å². The number of rotatable bonds is 5. The molecular weight excluding hydrogens is 288 g/mol. The van der Waals surface area contributed by atoms with Crippen LogP contribution in [-0.4, -0.2) is 40.2 Å². The molecule has 2 heterocycles. The summed E-state index contributed by atoms with van der Waals surface area (Å²) in [6, 6.07) is 10.2. The Kier molecular flexibility index (Phi) is 4.76. The molecular formula is C18H24N4O. The van der Waals surface area contributed by atoms with Crippen molar-refractivity contribution in [3.63, 3.8) is 0 Å². The fraction of sp³-hybridized carbons (Fsp3) is 0.444. The molecule has 122 valence electrons. The van der Waals surface area contributed by atoms with Crippen LogP contribution in [0.1, 0.15) is 35.0 Å². The minimum absolute atomic E-state index is 0.0945. The molecule has 1 aromatic heterocycles. The highest BCUT2D eigenvalue weighted by atomic mass is 16.2. The van der Waals surface area contributed by atoms with Crippen LogP contribution in [0.5, 0.6) is 0 Å². The quantitative estimate of drug-likeness (QED) is 0.917. The second-order valence-corrected chi connectivity index (χ2v) is 6.14. The van der Waals surface area contributed by atoms with E-state index in [-0.39, 0.29) is 5.91 Å². The molecule has 5 nitrogen and oxygen atoms in total. The van der Waals surface area contributed by atoms with Crippen molar-refractivity contribution in [3.8, 4) is 0 Å². The molecule has 0 bridgehead atoms. The Hall–Kier alpha value is -2.14. The van der Waals surface area contributed by atoms with E-state index in [1.807, 2.05) is 27.8 Å². The van der Waals surface area contributed by atoms with E-state index in [1.165, 1.54) is 5.56 Å². The molecule has 1 atom stereocenters. The highest BCUT2D eigenvalue weighted by Crippen LogP contribution is 2.20. The van der Waals surface area contributed by atoms with Crippen molar-refractivity contribution in [1.29, 1.82) is 0 Å². The van der Waals surface area contributed by atoms with Gasteiger partial charge in [-0.3, -0.25) is 9.48 Å². The molecule has 23 heavy (non-hydrogen) atoms. The van der Waals surface area contributed by atoms with Crippen LogP contribution in [0.2, 0.25) is 0 Å². The Balaban J connectivity index is 1.79. The molecule has 1 fully saturated rings. The number of amides is 1. The number of aromatic nitrogens is 2. The number of benzene rings is 1. The van der Waals surface area contributed by atoms with Gasteiger partial charge in [0.05, 0.1) is 24.0 Å². The monoisotopic (exact) mass is 312 g/mol. The predicted molar refractivity (Wildman–Crippen MR) is 90.2 cm³/mol. The lowest BCUT2D eigenvalue weighted by Gasteiger charge is -2.16. The number of nitrogens with two attached hydrogens (primary N) is 1. The van der Waals surface area contributed by atoms with Crippen molar-refractivity contribution in [2.45, 2.75) is 26.3 Å². The van der Waals surface area contributed by atoms with Gasteiger partial charge in [-0.25, -0.2) is 0 Å². The van der Waals surface area contributed by atoms with Gasteiger partial charge in [0.1, 0.15) is 0 Å². The second-order valence-electron chi connectivity index (χ2n) is 6.14. The van der Waals surface area contributed by atoms with Crippen LogP contribution in [0.15, 0.2) is 36.5 Å². The molecule has 0 spiro atoms. The highest BCUT2D eigenvalue weighted by Gasteiger charge is 2.28. The van der Waals surface area contributed by atoms with Crippen molar-refractivity contribution in [3.05, 3.63) is 53.3 Å². The first-order chi connectivity index (χ1) is 11.2. The third-order valence-corrected chi connectivity index (χ3v) is 4.60. The Labute approximate surface area is 137 Å². The molecule has 1 amide bonds. The van der Waals surface area contributed by atoms with Gasteiger partial charge in [0.25, 0.3) is 5.91 Å². The van der Waals surface area contributed by atoms with E-state index in [4.69, 9.17) is 5.73 Å². The summed E-state index contributed by atoms with van der Waals surface area (Å²) in [5.41, 5.74) is 8.66. The maximum Gasteiger partial charge on any atom is 0.257 e. The summed E-state index contributed by atoms with van der Waals surface area (Å²) < 4.78 is 1.94. The third kappa shape index (κ3) is 3.29. The van der Waals surface area contributed by atoms with Gasteiger partial charge < -0.3 is 10.6 Å². The normalized spacial score (nSPS) is 17.7. The SMILES string of the molecule is CCc1c(C(=O)N2CCC(CN)C2)cnn1Cc1ccccc1. The van der Waals surface area contributed by atoms with Crippen LogP contribution in [0.4, 0.5) is 0 Å². The molecule has 1 aliphatic heterocycles. The van der Waals surface area contributed by atoms with Crippen molar-refractivity contribution in [1.82, 2.24) is 14.7 Å². The summed E-state index contributed by atoms with van der Waals surface area (Å²) in [5.74, 6) is 0.528. The lowest BCUT2D eigenvalue weighted by molar-refractivity contribution is 0.0786. The maximum atomic E-state index is 12.8. The molecule has 0 aliphatic carbocycles. The lowest BCUT2D eigenvalue weighted by Crippen LogP contribution is -2.30. The van der Waals surface area contributed by atoms with Crippen LogP contribution >= 0.6 is 0 Å². The number of likely N-dealkylation sites (tertiary alicyclic amines) is 1. The molecule has 1 aromatic carbocycles. The van der Waals surface area contributed by atoms with Crippen molar-refractivity contribution < 1.29 is 4.79 Å². The van der Waals surface area contributed by atoms with Crippen LogP contribution in [0, 0.1) is 5.92 Å². The van der Waals surface area contributed by atoms with Gasteiger partial charge >= 0.3 is 0 Å².